The Kier molecular flexibility index (Phi) is 7.34. The predicted molar refractivity (Wildman–Crippen MR) is 156 cm³/mol. The van der Waals surface area contributed by atoms with Crippen LogP contribution in [0.3, 0.4) is 0 Å². The van der Waals surface area contributed by atoms with Crippen LogP contribution in [0.2, 0.25) is 10.0 Å². The number of hydrogen-bond donors (Lipinski definition) is 2. The summed E-state index contributed by atoms with van der Waals surface area (Å²) >= 11 is 12.1. The summed E-state index contributed by atoms with van der Waals surface area (Å²) in [6, 6.07) is 14.2. The van der Waals surface area contributed by atoms with Crippen molar-refractivity contribution in [2.24, 2.45) is 0 Å². The third-order valence-corrected chi connectivity index (χ3v) is 7.56. The minimum Gasteiger partial charge on any atom is -0.358 e. The topological polar surface area (TPSA) is 107 Å². The van der Waals surface area contributed by atoms with Gasteiger partial charge in [-0.05, 0) is 74.2 Å². The number of carbonyl (C=O) groups excluding carboxylic acids is 1. The minimum absolute atomic E-state index is 0.0857. The van der Waals surface area contributed by atoms with Crippen molar-refractivity contribution in [3.63, 3.8) is 0 Å². The highest BCUT2D eigenvalue weighted by molar-refractivity contribution is 6.42. The first-order valence-corrected chi connectivity index (χ1v) is 13.6. The molecule has 2 aromatic carbocycles. The number of amides is 1. The molecule has 9 nitrogen and oxygen atoms in total. The van der Waals surface area contributed by atoms with Crippen molar-refractivity contribution in [2.75, 3.05) is 17.2 Å². The van der Waals surface area contributed by atoms with Crippen molar-refractivity contribution in [2.45, 2.75) is 32.4 Å². The third-order valence-electron chi connectivity index (χ3n) is 6.82. The van der Waals surface area contributed by atoms with Gasteiger partial charge in [-0.15, -0.1) is 0 Å². The maximum absolute atomic E-state index is 12.8. The SMILES string of the molecule is Cc1ccc(NC(=O)c2ccc(Cl)c(Cl)c2)cc1Nc1ncccc1-c1ncnc2c1ncn2C1CCCCO1. The molecule has 1 amide bonds. The highest BCUT2D eigenvalue weighted by Crippen LogP contribution is 2.34. The lowest BCUT2D eigenvalue weighted by Crippen LogP contribution is -2.17. The second-order valence-electron chi connectivity index (χ2n) is 9.50. The van der Waals surface area contributed by atoms with E-state index < -0.39 is 0 Å². The Morgan fingerprint density at radius 2 is 1.93 bits per heavy atom. The zero-order valence-electron chi connectivity index (χ0n) is 21.6. The number of nitrogens with one attached hydrogen (secondary N) is 2. The van der Waals surface area contributed by atoms with E-state index in [1.807, 2.05) is 41.8 Å². The summed E-state index contributed by atoms with van der Waals surface area (Å²) in [7, 11) is 0. The summed E-state index contributed by atoms with van der Waals surface area (Å²) in [6.07, 6.45) is 8.02. The summed E-state index contributed by atoms with van der Waals surface area (Å²) in [5, 5.41) is 7.05. The molecular weight excluding hydrogens is 549 g/mol. The van der Waals surface area contributed by atoms with Crippen molar-refractivity contribution < 1.29 is 9.53 Å². The molecule has 4 heterocycles. The predicted octanol–water partition coefficient (Wildman–Crippen LogP) is 7.20. The maximum atomic E-state index is 12.8. The van der Waals surface area contributed by atoms with Gasteiger partial charge in [0, 0.05) is 35.3 Å². The van der Waals surface area contributed by atoms with Gasteiger partial charge in [0.25, 0.3) is 5.91 Å². The van der Waals surface area contributed by atoms with Gasteiger partial charge in [-0.2, -0.15) is 0 Å². The summed E-state index contributed by atoms with van der Waals surface area (Å²) in [5.74, 6) is 0.301. The van der Waals surface area contributed by atoms with Gasteiger partial charge >= 0.3 is 0 Å². The Balaban J connectivity index is 1.30. The highest BCUT2D eigenvalue weighted by atomic mass is 35.5. The molecule has 1 aliphatic rings. The van der Waals surface area contributed by atoms with E-state index >= 15 is 0 Å². The van der Waals surface area contributed by atoms with Crippen molar-refractivity contribution >= 4 is 57.5 Å². The monoisotopic (exact) mass is 573 g/mol. The van der Waals surface area contributed by atoms with Gasteiger partial charge in [-0.1, -0.05) is 29.3 Å². The number of aryl methyl sites for hydroxylation is 1. The summed E-state index contributed by atoms with van der Waals surface area (Å²) in [5.41, 5.74) is 5.59. The molecule has 0 saturated carbocycles. The lowest BCUT2D eigenvalue weighted by Gasteiger charge is -2.23. The van der Waals surface area contributed by atoms with Crippen molar-refractivity contribution in [3.05, 3.63) is 88.6 Å². The molecule has 1 fully saturated rings. The molecule has 202 valence electrons. The molecule has 0 spiro atoms. The van der Waals surface area contributed by atoms with Gasteiger partial charge in [-0.3, -0.25) is 9.36 Å². The Hall–Kier alpha value is -4.05. The first kappa shape index (κ1) is 26.2. The average molecular weight is 574 g/mol. The quantitative estimate of drug-likeness (QED) is 0.221. The van der Waals surface area contributed by atoms with Gasteiger partial charge < -0.3 is 15.4 Å². The molecule has 6 rings (SSSR count). The Bertz CT molecular complexity index is 1720. The van der Waals surface area contributed by atoms with Crippen LogP contribution in [0.5, 0.6) is 0 Å². The van der Waals surface area contributed by atoms with Crippen molar-refractivity contribution in [1.82, 2.24) is 24.5 Å². The number of nitrogens with zero attached hydrogens (tertiary/aromatic N) is 5. The molecule has 11 heteroatoms. The van der Waals surface area contributed by atoms with E-state index in [0.717, 1.165) is 48.3 Å². The smallest absolute Gasteiger partial charge is 0.255 e. The van der Waals surface area contributed by atoms with Crippen LogP contribution in [0, 0.1) is 6.92 Å². The van der Waals surface area contributed by atoms with Crippen LogP contribution >= 0.6 is 23.2 Å². The average Bonchev–Trinajstić information content (AvgIpc) is 3.41. The van der Waals surface area contributed by atoms with Gasteiger partial charge in [-0.25, -0.2) is 19.9 Å². The minimum atomic E-state index is -0.298. The number of hydrogen-bond acceptors (Lipinski definition) is 7. The third kappa shape index (κ3) is 5.23. The van der Waals surface area contributed by atoms with Crippen molar-refractivity contribution in [3.8, 4) is 11.3 Å². The first-order chi connectivity index (χ1) is 19.5. The van der Waals surface area contributed by atoms with E-state index in [4.69, 9.17) is 27.9 Å². The number of pyridine rings is 1. The fourth-order valence-corrected chi connectivity index (χ4v) is 5.00. The zero-order chi connectivity index (χ0) is 27.6. The van der Waals surface area contributed by atoms with Crippen LogP contribution in [-0.4, -0.2) is 37.0 Å². The van der Waals surface area contributed by atoms with Crippen LogP contribution < -0.4 is 10.6 Å². The molecule has 1 unspecified atom stereocenters. The number of fused-ring (bicyclic) bond motifs is 1. The number of carbonyl (C=O) groups is 1. The lowest BCUT2D eigenvalue weighted by molar-refractivity contribution is -0.0298. The van der Waals surface area contributed by atoms with E-state index in [0.29, 0.717) is 38.3 Å². The highest BCUT2D eigenvalue weighted by Gasteiger charge is 2.22. The van der Waals surface area contributed by atoms with E-state index in [-0.39, 0.29) is 12.1 Å². The Labute approximate surface area is 240 Å². The molecule has 0 aliphatic carbocycles. The fourth-order valence-electron chi connectivity index (χ4n) is 4.70. The number of benzene rings is 2. The Morgan fingerprint density at radius 3 is 2.75 bits per heavy atom. The number of ether oxygens (including phenoxy) is 1. The Morgan fingerprint density at radius 1 is 1.02 bits per heavy atom. The summed E-state index contributed by atoms with van der Waals surface area (Å²) < 4.78 is 7.94. The summed E-state index contributed by atoms with van der Waals surface area (Å²) in [4.78, 5) is 31.2. The number of halogens is 2. The second-order valence-corrected chi connectivity index (χ2v) is 10.3. The van der Waals surface area contributed by atoms with Crippen LogP contribution in [-0.2, 0) is 4.74 Å². The lowest BCUT2D eigenvalue weighted by atomic mass is 10.1. The van der Waals surface area contributed by atoms with Crippen LogP contribution in [0.15, 0.2) is 67.4 Å². The van der Waals surface area contributed by atoms with Crippen LogP contribution in [0.1, 0.15) is 41.4 Å². The largest absolute Gasteiger partial charge is 0.358 e. The molecule has 1 aliphatic heterocycles. The molecule has 40 heavy (non-hydrogen) atoms. The molecule has 5 aromatic rings. The van der Waals surface area contributed by atoms with Gasteiger partial charge in [0.1, 0.15) is 29.6 Å². The van der Waals surface area contributed by atoms with Crippen molar-refractivity contribution in [1.29, 1.82) is 0 Å². The van der Waals surface area contributed by atoms with E-state index in [1.54, 1.807) is 31.0 Å². The second kappa shape index (κ2) is 11.2. The normalized spacial score (nSPS) is 15.2. The number of imidazole rings is 1. The molecule has 1 saturated heterocycles. The molecule has 1 atom stereocenters. The first-order valence-electron chi connectivity index (χ1n) is 12.9. The zero-order valence-corrected chi connectivity index (χ0v) is 23.1. The molecule has 2 N–H and O–H groups in total. The standard InChI is InChI=1S/C29H25Cl2N7O2/c1-17-7-9-19(36-29(39)18-8-10-21(30)22(31)13-18)14-23(17)37-27-20(5-4-11-32-27)25-26-28(34-15-33-25)38(16-35-26)24-6-2-3-12-40-24/h4-5,7-11,13-16,24H,2-3,6,12H2,1H3,(H,32,37)(H,36,39). The van der Waals surface area contributed by atoms with Crippen LogP contribution in [0.25, 0.3) is 22.4 Å². The van der Waals surface area contributed by atoms with Gasteiger partial charge in [0.05, 0.1) is 16.4 Å². The number of anilines is 3. The van der Waals surface area contributed by atoms with Crippen LogP contribution in [0.4, 0.5) is 17.2 Å². The van der Waals surface area contributed by atoms with Gasteiger partial charge in [0.15, 0.2) is 5.65 Å². The van der Waals surface area contributed by atoms with Gasteiger partial charge in [0.2, 0.25) is 0 Å². The fraction of sp³-hybridized carbons (Fsp3) is 0.207. The van der Waals surface area contributed by atoms with E-state index in [9.17, 15) is 4.79 Å². The molecule has 0 radical (unpaired) electrons. The maximum Gasteiger partial charge on any atom is 0.255 e. The summed E-state index contributed by atoms with van der Waals surface area (Å²) in [6.45, 7) is 2.70. The number of aromatic nitrogens is 5. The number of rotatable bonds is 6. The molecular formula is C29H25Cl2N7O2. The molecule has 3 aromatic heterocycles. The van der Waals surface area contributed by atoms with E-state index in [1.165, 1.54) is 6.07 Å². The molecule has 0 bridgehead atoms. The van der Waals surface area contributed by atoms with E-state index in [2.05, 4.69) is 30.6 Å².